The maximum atomic E-state index is 14.4. The third-order valence-corrected chi connectivity index (χ3v) is 5.02. The fraction of sp³-hybridized carbons (Fsp3) is 0.263. The molecule has 4 rings (SSSR count). The molecular weight excluding hydrogens is 311 g/mol. The highest BCUT2D eigenvalue weighted by molar-refractivity contribution is 6.31. The van der Waals surface area contributed by atoms with E-state index in [1.54, 1.807) is 12.1 Å². The van der Waals surface area contributed by atoms with Crippen molar-refractivity contribution in [2.24, 2.45) is 0 Å². The number of halogens is 2. The molecule has 1 unspecified atom stereocenters. The molecular formula is C19H18ClFN2. The van der Waals surface area contributed by atoms with Gasteiger partial charge in [-0.2, -0.15) is 0 Å². The lowest BCUT2D eigenvalue weighted by molar-refractivity contribution is 0.523. The molecule has 1 aromatic heterocycles. The maximum Gasteiger partial charge on any atom is 0.129 e. The number of rotatable bonds is 1. The summed E-state index contributed by atoms with van der Waals surface area (Å²) >= 11 is 6.29. The van der Waals surface area contributed by atoms with Crippen LogP contribution in [0.1, 0.15) is 34.0 Å². The summed E-state index contributed by atoms with van der Waals surface area (Å²) in [5, 5.41) is 5.12. The Morgan fingerprint density at radius 3 is 2.83 bits per heavy atom. The zero-order chi connectivity index (χ0) is 16.1. The lowest BCUT2D eigenvalue weighted by Crippen LogP contribution is -2.31. The molecule has 2 heterocycles. The van der Waals surface area contributed by atoms with Crippen molar-refractivity contribution in [3.63, 3.8) is 0 Å². The molecule has 0 aliphatic carbocycles. The standard InChI is InChI=1S/C19H18ClFN2/c1-10-8-11(2)17-13(9-10)12-6-7-22-19(18(12)23-17)16-14(20)4-3-5-15(16)21/h3-5,8-9,19,22-23H,6-7H2,1-2H3. The van der Waals surface area contributed by atoms with Crippen LogP contribution in [0.15, 0.2) is 30.3 Å². The predicted molar refractivity (Wildman–Crippen MR) is 92.7 cm³/mol. The van der Waals surface area contributed by atoms with Crippen molar-refractivity contribution in [3.8, 4) is 0 Å². The van der Waals surface area contributed by atoms with E-state index >= 15 is 0 Å². The van der Waals surface area contributed by atoms with Crippen LogP contribution in [0.4, 0.5) is 4.39 Å². The quantitative estimate of drug-likeness (QED) is 0.659. The smallest absolute Gasteiger partial charge is 0.129 e. The molecule has 118 valence electrons. The number of aromatic amines is 1. The number of nitrogens with one attached hydrogen (secondary N) is 2. The summed E-state index contributed by atoms with van der Waals surface area (Å²) in [6.07, 6.45) is 0.931. The molecule has 1 aliphatic heterocycles. The van der Waals surface area contributed by atoms with Crippen molar-refractivity contribution >= 4 is 22.5 Å². The van der Waals surface area contributed by atoms with Crippen LogP contribution in [0, 0.1) is 19.7 Å². The van der Waals surface area contributed by atoms with Crippen molar-refractivity contribution in [2.45, 2.75) is 26.3 Å². The molecule has 1 atom stereocenters. The first-order valence-electron chi connectivity index (χ1n) is 7.85. The lowest BCUT2D eigenvalue weighted by atomic mass is 9.93. The van der Waals surface area contributed by atoms with Crippen molar-refractivity contribution < 1.29 is 4.39 Å². The van der Waals surface area contributed by atoms with Crippen LogP contribution in [-0.4, -0.2) is 11.5 Å². The van der Waals surface area contributed by atoms with E-state index in [1.807, 2.05) is 0 Å². The highest BCUT2D eigenvalue weighted by Crippen LogP contribution is 2.38. The molecule has 23 heavy (non-hydrogen) atoms. The predicted octanol–water partition coefficient (Wildman–Crippen LogP) is 4.81. The van der Waals surface area contributed by atoms with Crippen LogP contribution in [0.2, 0.25) is 5.02 Å². The molecule has 0 saturated carbocycles. The van der Waals surface area contributed by atoms with E-state index in [0.717, 1.165) is 24.2 Å². The summed E-state index contributed by atoms with van der Waals surface area (Å²) in [5.74, 6) is -0.269. The molecule has 1 aliphatic rings. The van der Waals surface area contributed by atoms with Gasteiger partial charge in [-0.15, -0.1) is 0 Å². The number of H-pyrrole nitrogens is 1. The second-order valence-electron chi connectivity index (χ2n) is 6.29. The number of fused-ring (bicyclic) bond motifs is 3. The molecule has 4 heteroatoms. The molecule has 0 fully saturated rings. The second-order valence-corrected chi connectivity index (χ2v) is 6.70. The van der Waals surface area contributed by atoms with Gasteiger partial charge >= 0.3 is 0 Å². The molecule has 2 N–H and O–H groups in total. The molecule has 0 saturated heterocycles. The third kappa shape index (κ3) is 2.27. The van der Waals surface area contributed by atoms with Crippen LogP contribution in [0.5, 0.6) is 0 Å². The normalized spacial score (nSPS) is 17.5. The summed E-state index contributed by atoms with van der Waals surface area (Å²) in [5.41, 5.74) is 6.43. The fourth-order valence-electron chi connectivity index (χ4n) is 3.72. The maximum absolute atomic E-state index is 14.4. The van der Waals surface area contributed by atoms with Gasteiger partial charge in [-0.25, -0.2) is 4.39 Å². The van der Waals surface area contributed by atoms with E-state index in [9.17, 15) is 4.39 Å². The molecule has 0 amide bonds. The molecule has 3 aromatic rings. The van der Waals surface area contributed by atoms with Gasteiger partial charge in [-0.3, -0.25) is 0 Å². The first-order valence-corrected chi connectivity index (χ1v) is 8.23. The van der Waals surface area contributed by atoms with Gasteiger partial charge in [-0.05, 0) is 49.6 Å². The molecule has 0 bridgehead atoms. The number of aromatic nitrogens is 1. The Morgan fingerprint density at radius 1 is 1.22 bits per heavy atom. The van der Waals surface area contributed by atoms with Crippen molar-refractivity contribution in [2.75, 3.05) is 6.54 Å². The number of aryl methyl sites for hydroxylation is 2. The Hall–Kier alpha value is -1.84. The van der Waals surface area contributed by atoms with Gasteiger partial charge < -0.3 is 10.3 Å². The van der Waals surface area contributed by atoms with Crippen molar-refractivity contribution in [3.05, 3.63) is 69.1 Å². The minimum absolute atomic E-state index is 0.237. The van der Waals surface area contributed by atoms with Gasteiger partial charge in [0, 0.05) is 33.7 Å². The molecule has 2 nitrogen and oxygen atoms in total. The van der Waals surface area contributed by atoms with Crippen molar-refractivity contribution in [1.82, 2.24) is 10.3 Å². The number of hydrogen-bond acceptors (Lipinski definition) is 1. The Morgan fingerprint density at radius 2 is 2.04 bits per heavy atom. The minimum Gasteiger partial charge on any atom is -0.356 e. The zero-order valence-electron chi connectivity index (χ0n) is 13.1. The zero-order valence-corrected chi connectivity index (χ0v) is 13.9. The Bertz CT molecular complexity index is 893. The van der Waals surface area contributed by atoms with Crippen LogP contribution < -0.4 is 5.32 Å². The third-order valence-electron chi connectivity index (χ3n) is 4.69. The van der Waals surface area contributed by atoms with Crippen LogP contribution in [-0.2, 0) is 6.42 Å². The lowest BCUT2D eigenvalue weighted by Gasteiger charge is -2.26. The van der Waals surface area contributed by atoms with Crippen molar-refractivity contribution in [1.29, 1.82) is 0 Å². The van der Waals surface area contributed by atoms with Gasteiger partial charge in [-0.1, -0.05) is 29.3 Å². The minimum atomic E-state index is -0.269. The molecule has 0 spiro atoms. The first kappa shape index (κ1) is 14.7. The number of hydrogen-bond donors (Lipinski definition) is 2. The SMILES string of the molecule is Cc1cc(C)c2[nH]c3c(c2c1)CCNC3c1c(F)cccc1Cl. The molecule has 2 aromatic carbocycles. The molecule has 0 radical (unpaired) electrons. The Kier molecular flexibility index (Phi) is 3.43. The monoisotopic (exact) mass is 328 g/mol. The Balaban J connectivity index is 1.97. The van der Waals surface area contributed by atoms with E-state index < -0.39 is 0 Å². The second kappa shape index (κ2) is 5.36. The highest BCUT2D eigenvalue weighted by Gasteiger charge is 2.29. The summed E-state index contributed by atoms with van der Waals surface area (Å²) in [6.45, 7) is 5.02. The summed E-state index contributed by atoms with van der Waals surface area (Å²) in [6, 6.07) is 9.00. The van der Waals surface area contributed by atoms with E-state index in [1.165, 1.54) is 28.1 Å². The van der Waals surface area contributed by atoms with E-state index in [2.05, 4.69) is 36.3 Å². The van der Waals surface area contributed by atoms with Gasteiger partial charge in [0.15, 0.2) is 0 Å². The van der Waals surface area contributed by atoms with E-state index in [-0.39, 0.29) is 11.9 Å². The average molecular weight is 329 g/mol. The van der Waals surface area contributed by atoms with Gasteiger partial charge in [0.2, 0.25) is 0 Å². The van der Waals surface area contributed by atoms with Crippen LogP contribution in [0.3, 0.4) is 0 Å². The first-order chi connectivity index (χ1) is 11.1. The summed E-state index contributed by atoms with van der Waals surface area (Å²) in [4.78, 5) is 3.53. The Labute approximate surface area is 139 Å². The topological polar surface area (TPSA) is 27.8 Å². The highest BCUT2D eigenvalue weighted by atomic mass is 35.5. The van der Waals surface area contributed by atoms with Gasteiger partial charge in [0.25, 0.3) is 0 Å². The van der Waals surface area contributed by atoms with Crippen LogP contribution in [0.25, 0.3) is 10.9 Å². The number of benzene rings is 2. The summed E-state index contributed by atoms with van der Waals surface area (Å²) < 4.78 is 14.4. The van der Waals surface area contributed by atoms with Crippen LogP contribution >= 0.6 is 11.6 Å². The van der Waals surface area contributed by atoms with E-state index in [0.29, 0.717) is 10.6 Å². The largest absolute Gasteiger partial charge is 0.356 e. The van der Waals surface area contributed by atoms with Gasteiger partial charge in [0.1, 0.15) is 5.82 Å². The van der Waals surface area contributed by atoms with Gasteiger partial charge in [0.05, 0.1) is 6.04 Å². The average Bonchev–Trinajstić information content (AvgIpc) is 2.87. The van der Waals surface area contributed by atoms with E-state index in [4.69, 9.17) is 11.6 Å². The fourth-order valence-corrected chi connectivity index (χ4v) is 3.99. The summed E-state index contributed by atoms with van der Waals surface area (Å²) in [7, 11) is 0.